The minimum absolute atomic E-state index is 0.0148. The Morgan fingerprint density at radius 2 is 0.895 bits per heavy atom. The van der Waals surface area contributed by atoms with Crippen molar-refractivity contribution in [3.63, 3.8) is 0 Å². The second-order valence-electron chi connectivity index (χ2n) is 29.0. The number of rotatable bonds is 14. The van der Waals surface area contributed by atoms with Crippen molar-refractivity contribution >= 4 is 213 Å². The topological polar surface area (TPSA) is 269 Å². The number of ether oxygens (including phenoxy) is 2. The Balaban J connectivity index is 0.000000144. The molecule has 16 rings (SSSR count). The van der Waals surface area contributed by atoms with Crippen LogP contribution in [0.2, 0.25) is 20.1 Å². The number of aliphatic carboxylic acids is 1. The molecule has 114 heavy (non-hydrogen) atoms. The largest absolute Gasteiger partial charge is 0.480 e. The van der Waals surface area contributed by atoms with E-state index in [9.17, 15) is 49.2 Å². The Labute approximate surface area is 698 Å². The first-order valence-corrected chi connectivity index (χ1v) is 40.3. The molecule has 4 aliphatic carbocycles. The van der Waals surface area contributed by atoms with Gasteiger partial charge in [0.15, 0.2) is 21.7 Å². The van der Waals surface area contributed by atoms with Gasteiger partial charge in [-0.15, -0.1) is 0 Å². The van der Waals surface area contributed by atoms with Crippen molar-refractivity contribution in [2.24, 2.45) is 0 Å². The number of carbonyl (C=O) groups excluding carboxylic acids is 2. The molecule has 4 fully saturated rings. The molecule has 4 saturated carbocycles. The number of alkyl halides is 1. The summed E-state index contributed by atoms with van der Waals surface area (Å²) in [5.74, 6) is -1.56. The molecule has 28 heteroatoms. The van der Waals surface area contributed by atoms with Gasteiger partial charge >= 0.3 is 17.9 Å². The molecule has 0 saturated heterocycles. The number of nitrogens with one attached hydrogen (secondary N) is 2. The maximum atomic E-state index is 13.3. The molecule has 0 amide bonds. The van der Waals surface area contributed by atoms with Crippen LogP contribution < -0.4 is 41.3 Å². The molecule has 22 nitrogen and oxygen atoms in total. The number of fused-ring (bicyclic) bond motifs is 8. The summed E-state index contributed by atoms with van der Waals surface area (Å²) in [5, 5.41) is 35.1. The number of H-pyrrole nitrogens is 2. The second kappa shape index (κ2) is 34.7. The van der Waals surface area contributed by atoms with E-state index in [1.165, 1.54) is 0 Å². The Bertz CT molecular complexity index is 6350. The fraction of sp³-hybridized carbons (Fsp3) is 0.314. The number of hydrogen-bond acceptors (Lipinski definition) is 15. The second-order valence-corrected chi connectivity index (χ2v) is 32.3. The summed E-state index contributed by atoms with van der Waals surface area (Å²) >= 11 is 30.9. The zero-order chi connectivity index (χ0) is 82.7. The number of hydrogen-bond donors (Lipinski definition) is 3. The molecule has 0 atom stereocenters. The first kappa shape index (κ1) is 84.5. The summed E-state index contributed by atoms with van der Waals surface area (Å²) in [7, 11) is 14.9. The maximum Gasteiger partial charge on any atom is 0.325 e. The Morgan fingerprint density at radius 1 is 0.526 bits per heavy atom. The van der Waals surface area contributed by atoms with E-state index >= 15 is 0 Å². The molecule has 586 valence electrons. The summed E-state index contributed by atoms with van der Waals surface area (Å²) < 4.78 is 14.5. The summed E-state index contributed by atoms with van der Waals surface area (Å²) in [6, 6.07) is 41.0. The van der Waals surface area contributed by atoms with E-state index in [2.05, 4.69) is 52.5 Å². The van der Waals surface area contributed by atoms with Crippen molar-refractivity contribution in [1.29, 1.82) is 10.5 Å². The number of esters is 2. The quantitative estimate of drug-likeness (QED) is 0.0300. The van der Waals surface area contributed by atoms with Gasteiger partial charge in [-0.25, -0.2) is 13.1 Å². The summed E-state index contributed by atoms with van der Waals surface area (Å²) in [4.78, 5) is 107. The SMILES string of the molecule is CCOC(=O)CI.CCOC(=O)Cn1c2cc(C3(C#N)CC3)ccc2c(=O)c2ccc(Cl)c(N(C)C)c21.CN(C)c1c(Cl)ccc2c(=O)c3ccc(Br)cc3[nH]c12.CN(C)c1c(Cl)ccc2c(=O)c3ccc(C4(C#N)CC4)cc3[nH]c12.[C-]#[N+]C1(c2ccc3c(=O)c4ccc(Cl)c(N(C)C)c4n(CC(=O)O)c3c2)CC1.[C-]#[N+]C1CC1. The normalized spacial score (nSPS) is 14.1. The van der Waals surface area contributed by atoms with Crippen molar-refractivity contribution in [1.82, 2.24) is 19.1 Å². The highest BCUT2D eigenvalue weighted by atomic mass is 127. The average molecular weight is 1790 g/mol. The third-order valence-corrected chi connectivity index (χ3v) is 22.7. The van der Waals surface area contributed by atoms with Crippen molar-refractivity contribution in [2.45, 2.75) is 101 Å². The Kier molecular flexibility index (Phi) is 25.7. The van der Waals surface area contributed by atoms with Gasteiger partial charge in [-0.1, -0.05) is 103 Å². The number of aromatic nitrogens is 4. The summed E-state index contributed by atoms with van der Waals surface area (Å²) in [6.45, 7) is 17.8. The zero-order valence-electron chi connectivity index (χ0n) is 64.2. The van der Waals surface area contributed by atoms with Crippen LogP contribution in [0.4, 0.5) is 22.7 Å². The standard InChI is InChI=1S/C23H22ClN3O3.C21H18ClN3O3.C19H16ClN3O.C15H12BrClN2O.C4H7IO2.C4H5N/c1-4-30-19(28)12-27-18-11-14(23(13-25)9-10-23)5-6-15(18)22(29)16-7-8-17(24)21(20(16)27)26(2)3;1-23-21(8-9-21)12-4-5-13-16(10-12)25(11-17(26)27)18-14(20(13)28)6-7-15(22)19(18)24(2)3;1-23(2)17-14(20)6-5-13-16(17)22-15-9-11(19(10-21)7-8-19)3-4-12(15)18(13)24;1-19(2)14-11(17)6-5-10-13(14)18-12-7-8(16)3-4-9(12)15(10)20;1-2-7-4(6)3-5;1-5-4-2-3-4/h5-8,11H,4,9-10,12H2,1-3H3;4-7,10H,8-9,11H2,2-3H3,(H,26,27);3-6,9H,7-8H2,1-2H3,(H,22,24);3-7H,1-2H3,(H,18,20);2-3H2,1H3;4H,2-3H2. The van der Waals surface area contributed by atoms with Crippen molar-refractivity contribution in [2.75, 3.05) is 93.6 Å². The Hall–Kier alpha value is -10.4. The molecule has 0 radical (unpaired) electrons. The van der Waals surface area contributed by atoms with Gasteiger partial charge in [-0.05, 0) is 154 Å². The van der Waals surface area contributed by atoms with Gasteiger partial charge in [-0.3, -0.25) is 33.6 Å². The van der Waals surface area contributed by atoms with Crippen LogP contribution in [0, 0.1) is 35.8 Å². The molecule has 4 heterocycles. The van der Waals surface area contributed by atoms with Crippen molar-refractivity contribution in [3.05, 3.63) is 226 Å². The average Bonchev–Trinajstić information content (AvgIpc) is 1.28. The number of anilines is 4. The number of aromatic amines is 2. The van der Waals surface area contributed by atoms with E-state index in [4.69, 9.17) is 64.3 Å². The van der Waals surface area contributed by atoms with Crippen LogP contribution in [-0.4, -0.2) is 122 Å². The van der Waals surface area contributed by atoms with Gasteiger partial charge in [0.05, 0.1) is 128 Å². The van der Waals surface area contributed by atoms with Gasteiger partial charge in [0.25, 0.3) is 5.54 Å². The number of nitriles is 2. The first-order chi connectivity index (χ1) is 54.3. The smallest absolute Gasteiger partial charge is 0.325 e. The number of carboxylic acid groups (broad SMARTS) is 1. The lowest BCUT2D eigenvalue weighted by Crippen LogP contribution is -2.21. The summed E-state index contributed by atoms with van der Waals surface area (Å²) in [5.41, 5.74) is 8.99. The minimum Gasteiger partial charge on any atom is -0.480 e. The molecule has 12 aromatic rings. The molecule has 4 aliphatic rings. The molecule has 4 aromatic heterocycles. The molecule has 0 bridgehead atoms. The molecule has 0 aliphatic heterocycles. The van der Waals surface area contributed by atoms with Crippen molar-refractivity contribution in [3.8, 4) is 12.1 Å². The van der Waals surface area contributed by atoms with Gasteiger partial charge < -0.3 is 63.0 Å². The summed E-state index contributed by atoms with van der Waals surface area (Å²) in [6.07, 6.45) is 7.19. The van der Waals surface area contributed by atoms with E-state index in [1.54, 1.807) is 109 Å². The van der Waals surface area contributed by atoms with E-state index in [-0.39, 0.29) is 52.8 Å². The van der Waals surface area contributed by atoms with Gasteiger partial charge in [0.2, 0.25) is 6.04 Å². The predicted octanol–water partition coefficient (Wildman–Crippen LogP) is 18.0. The fourth-order valence-electron chi connectivity index (χ4n) is 14.0. The van der Waals surface area contributed by atoms with Crippen LogP contribution in [-0.2, 0) is 53.3 Å². The number of carboxylic acids is 1. The minimum atomic E-state index is -1.02. The maximum absolute atomic E-state index is 13.3. The first-order valence-electron chi connectivity index (χ1n) is 36.5. The lowest BCUT2D eigenvalue weighted by molar-refractivity contribution is -0.143. The van der Waals surface area contributed by atoms with Crippen LogP contribution in [0.5, 0.6) is 0 Å². The van der Waals surface area contributed by atoms with Gasteiger partial charge in [0, 0.05) is 135 Å². The lowest BCUT2D eigenvalue weighted by Gasteiger charge is -2.22. The van der Waals surface area contributed by atoms with Gasteiger partial charge in [0.1, 0.15) is 13.1 Å². The number of pyridine rings is 4. The van der Waals surface area contributed by atoms with E-state index in [1.807, 2.05) is 134 Å². The zero-order valence-corrected chi connectivity index (χ0v) is 70.9. The highest BCUT2D eigenvalue weighted by Gasteiger charge is 2.53. The highest BCUT2D eigenvalue weighted by molar-refractivity contribution is 14.1. The third-order valence-electron chi connectivity index (χ3n) is 20.4. The number of nitrogens with zero attached hydrogens (tertiary/aromatic N) is 10. The fourth-order valence-corrected chi connectivity index (χ4v) is 15.9. The monoisotopic (exact) mass is 1790 g/mol. The van der Waals surface area contributed by atoms with Crippen molar-refractivity contribution < 1.29 is 29.0 Å². The third kappa shape index (κ3) is 17.2. The van der Waals surface area contributed by atoms with Crippen LogP contribution in [0.1, 0.15) is 81.9 Å². The molecular formula is C86H80BrCl4IN12O10. The van der Waals surface area contributed by atoms with Gasteiger partial charge in [-0.2, -0.15) is 10.5 Å². The molecular weight excluding hydrogens is 1710 g/mol. The van der Waals surface area contributed by atoms with Crippen LogP contribution in [0.3, 0.4) is 0 Å². The van der Waals surface area contributed by atoms with E-state index in [0.29, 0.717) is 114 Å². The number of benzene rings is 8. The number of halogens is 6. The molecule has 8 aromatic carbocycles. The molecule has 0 unspecified atom stereocenters. The van der Waals surface area contributed by atoms with Crippen LogP contribution in [0.25, 0.3) is 96.9 Å². The van der Waals surface area contributed by atoms with E-state index in [0.717, 1.165) is 106 Å². The van der Waals surface area contributed by atoms with E-state index < -0.39 is 22.9 Å². The predicted molar refractivity (Wildman–Crippen MR) is 471 cm³/mol. The van der Waals surface area contributed by atoms with Crippen LogP contribution >= 0.6 is 84.9 Å². The molecule has 3 N–H and O–H groups in total. The van der Waals surface area contributed by atoms with Crippen LogP contribution in [0.15, 0.2) is 145 Å². The lowest BCUT2D eigenvalue weighted by atomic mass is 9.95. The number of carbonyl (C=O) groups is 3. The molecule has 0 spiro atoms. The highest BCUT2D eigenvalue weighted by Crippen LogP contribution is 2.52. The Morgan fingerprint density at radius 3 is 1.26 bits per heavy atom.